The first-order chi connectivity index (χ1) is 17.8. The van der Waals surface area contributed by atoms with Crippen LogP contribution in [0.25, 0.3) is 0 Å². The minimum atomic E-state index is -3.15. The molecule has 38 heavy (non-hydrogen) atoms. The zero-order valence-corrected chi connectivity index (χ0v) is 21.0. The summed E-state index contributed by atoms with van der Waals surface area (Å²) in [7, 11) is 0. The van der Waals surface area contributed by atoms with Gasteiger partial charge < -0.3 is 20.3 Å². The van der Waals surface area contributed by atoms with Crippen molar-refractivity contribution in [2.75, 3.05) is 18.4 Å². The molecule has 13 heteroatoms. The monoisotopic (exact) mass is 556 g/mol. The van der Waals surface area contributed by atoms with Crippen LogP contribution in [0.4, 0.5) is 23.2 Å². The quantitative estimate of drug-likeness (QED) is 0.276. The van der Waals surface area contributed by atoms with Crippen molar-refractivity contribution in [2.45, 2.75) is 63.0 Å². The van der Waals surface area contributed by atoms with Crippen molar-refractivity contribution < 1.29 is 37.1 Å². The van der Waals surface area contributed by atoms with Gasteiger partial charge in [0, 0.05) is 43.9 Å². The molecule has 0 bridgehead atoms. The lowest BCUT2D eigenvalue weighted by atomic mass is 9.71. The van der Waals surface area contributed by atoms with Crippen LogP contribution in [0.3, 0.4) is 0 Å². The first-order valence-corrected chi connectivity index (χ1v) is 12.5. The molecule has 8 nitrogen and oxygen atoms in total. The maximum atomic E-state index is 13.9. The molecule has 1 saturated heterocycles. The van der Waals surface area contributed by atoms with E-state index in [0.717, 1.165) is 6.07 Å². The number of hydrogen-bond acceptors (Lipinski definition) is 5. The highest BCUT2D eigenvalue weighted by Crippen LogP contribution is 2.49. The number of carbonyl (C=O) groups excluding carboxylic acids is 3. The number of ketones is 1. The summed E-state index contributed by atoms with van der Waals surface area (Å²) in [5, 5.41) is 15.4. The predicted octanol–water partition coefficient (Wildman–Crippen LogP) is 3.23. The number of halogens is 5. The summed E-state index contributed by atoms with van der Waals surface area (Å²) in [5.41, 5.74) is -0.777. The number of amides is 2. The van der Waals surface area contributed by atoms with E-state index in [0.29, 0.717) is 25.1 Å². The molecule has 2 aliphatic heterocycles. The summed E-state index contributed by atoms with van der Waals surface area (Å²) in [4.78, 5) is 40.8. The van der Waals surface area contributed by atoms with Gasteiger partial charge in [-0.15, -0.1) is 0 Å². The average Bonchev–Trinajstić information content (AvgIpc) is 3.36. The Balaban J connectivity index is 1.40. The van der Waals surface area contributed by atoms with Crippen molar-refractivity contribution in [3.63, 3.8) is 0 Å². The van der Waals surface area contributed by atoms with Gasteiger partial charge in [0.1, 0.15) is 23.9 Å². The summed E-state index contributed by atoms with van der Waals surface area (Å²) in [6.07, 6.45) is -3.57. The van der Waals surface area contributed by atoms with Gasteiger partial charge in [0.05, 0.1) is 16.1 Å². The molecule has 1 aromatic heterocycles. The van der Waals surface area contributed by atoms with Crippen molar-refractivity contribution in [1.29, 1.82) is 0 Å². The molecule has 2 amide bonds. The van der Waals surface area contributed by atoms with E-state index in [-0.39, 0.29) is 40.6 Å². The van der Waals surface area contributed by atoms with Crippen LogP contribution in [0.5, 0.6) is 0 Å². The summed E-state index contributed by atoms with van der Waals surface area (Å²) in [5.74, 6) is -6.63. The molecule has 3 heterocycles. The lowest BCUT2D eigenvalue weighted by Crippen LogP contribution is -2.74. The average molecular weight is 557 g/mol. The zero-order chi connectivity index (χ0) is 27.6. The largest absolute Gasteiger partial charge is 0.376 e. The number of fused-ring (bicyclic) bond motifs is 1. The molecule has 0 spiro atoms. The molecular weight excluding hydrogens is 532 g/mol. The van der Waals surface area contributed by atoms with Gasteiger partial charge in [0.2, 0.25) is 0 Å². The van der Waals surface area contributed by atoms with E-state index in [1.807, 2.05) is 0 Å². The Labute approximate surface area is 219 Å². The van der Waals surface area contributed by atoms with Gasteiger partial charge in [-0.1, -0.05) is 11.6 Å². The molecule has 0 radical (unpaired) electrons. The summed E-state index contributed by atoms with van der Waals surface area (Å²) in [6.45, 7) is 1.58. The minimum absolute atomic E-state index is 0.00853. The summed E-state index contributed by atoms with van der Waals surface area (Å²) >= 11 is 5.79. The van der Waals surface area contributed by atoms with Crippen LogP contribution in [-0.2, 0) is 17.8 Å². The Bertz CT molecular complexity index is 1330. The van der Waals surface area contributed by atoms with Crippen LogP contribution in [0, 0.1) is 12.7 Å². The Morgan fingerprint density at radius 2 is 1.89 bits per heavy atom. The molecule has 3 N–H and O–H groups in total. The van der Waals surface area contributed by atoms with Crippen LogP contribution >= 0.6 is 11.6 Å². The topological polar surface area (TPSA) is 104 Å². The number of aliphatic hydroxyl groups excluding tert-OH is 1. The lowest BCUT2D eigenvalue weighted by Gasteiger charge is -2.54. The van der Waals surface area contributed by atoms with E-state index in [1.54, 1.807) is 4.57 Å². The Morgan fingerprint density at radius 3 is 2.50 bits per heavy atom. The summed E-state index contributed by atoms with van der Waals surface area (Å²) < 4.78 is 56.2. The van der Waals surface area contributed by atoms with Gasteiger partial charge in [-0.3, -0.25) is 19.3 Å². The normalized spacial score (nSPS) is 20.7. The fourth-order valence-corrected chi connectivity index (χ4v) is 5.87. The number of aliphatic hydroxyl groups is 1. The van der Waals surface area contributed by atoms with Gasteiger partial charge in [-0.05, 0) is 43.5 Å². The second-order valence-electron chi connectivity index (χ2n) is 10.2. The fourth-order valence-electron chi connectivity index (χ4n) is 5.68. The molecule has 1 atom stereocenters. The Morgan fingerprint density at radius 1 is 1.21 bits per heavy atom. The molecule has 1 aliphatic carbocycles. The molecule has 1 aromatic carbocycles. The minimum Gasteiger partial charge on any atom is -0.376 e. The highest BCUT2D eigenvalue weighted by Gasteiger charge is 2.63. The molecule has 1 unspecified atom stereocenters. The molecule has 2 fully saturated rings. The first kappa shape index (κ1) is 26.6. The predicted molar refractivity (Wildman–Crippen MR) is 129 cm³/mol. The van der Waals surface area contributed by atoms with E-state index in [2.05, 4.69) is 10.6 Å². The van der Waals surface area contributed by atoms with Crippen LogP contribution in [-0.4, -0.2) is 69.1 Å². The number of aromatic nitrogens is 1. The number of Topliss-reactive ketones (excluding diaryl/α,β-unsaturated/α-hetero) is 1. The van der Waals surface area contributed by atoms with Crippen molar-refractivity contribution in [3.8, 4) is 0 Å². The number of hydrogen-bond donors (Lipinski definition) is 3. The van der Waals surface area contributed by atoms with Gasteiger partial charge in [0.25, 0.3) is 23.5 Å². The van der Waals surface area contributed by atoms with Gasteiger partial charge in [0.15, 0.2) is 0 Å². The molecule has 1 saturated carbocycles. The number of anilines is 1. The van der Waals surface area contributed by atoms with Gasteiger partial charge >= 0.3 is 0 Å². The number of benzene rings is 1. The third-order valence-corrected chi connectivity index (χ3v) is 7.74. The van der Waals surface area contributed by atoms with E-state index >= 15 is 0 Å². The van der Waals surface area contributed by atoms with Crippen LogP contribution in [0.1, 0.15) is 51.4 Å². The van der Waals surface area contributed by atoms with E-state index in [9.17, 15) is 37.1 Å². The number of alkyl halides is 3. The smallest absolute Gasteiger partial charge is 0.293 e. The van der Waals surface area contributed by atoms with E-state index in [1.165, 1.54) is 24.0 Å². The first-order valence-electron chi connectivity index (χ1n) is 12.1. The van der Waals surface area contributed by atoms with Crippen molar-refractivity contribution in [3.05, 3.63) is 51.6 Å². The van der Waals surface area contributed by atoms with Gasteiger partial charge in [-0.25, -0.2) is 17.6 Å². The maximum Gasteiger partial charge on any atom is 0.293 e. The van der Waals surface area contributed by atoms with Gasteiger partial charge in [-0.2, -0.15) is 0 Å². The number of rotatable bonds is 7. The number of nitrogens with one attached hydrogen (secondary N) is 2. The molecule has 204 valence electrons. The Hall–Kier alpha value is -2.96. The van der Waals surface area contributed by atoms with Crippen LogP contribution in [0.15, 0.2) is 18.2 Å². The summed E-state index contributed by atoms with van der Waals surface area (Å²) in [6, 6.07) is 3.65. The lowest BCUT2D eigenvalue weighted by molar-refractivity contribution is -0.214. The van der Waals surface area contributed by atoms with Crippen molar-refractivity contribution in [1.82, 2.24) is 14.8 Å². The Kier molecular flexibility index (Phi) is 6.56. The third kappa shape index (κ3) is 4.48. The fraction of sp³-hybridized carbons (Fsp3) is 0.480. The van der Waals surface area contributed by atoms with Crippen molar-refractivity contribution in [2.24, 2.45) is 0 Å². The molecule has 2 aromatic rings. The molecular formula is C25H25ClF4N4O4. The van der Waals surface area contributed by atoms with E-state index < -0.39 is 60.1 Å². The third-order valence-electron chi connectivity index (χ3n) is 7.45. The second kappa shape index (κ2) is 9.35. The maximum absolute atomic E-state index is 13.9. The highest BCUT2D eigenvalue weighted by atomic mass is 35.5. The highest BCUT2D eigenvalue weighted by molar-refractivity contribution is 6.44. The number of nitrogens with zero attached hydrogens (tertiary/aromatic N) is 2. The van der Waals surface area contributed by atoms with E-state index in [4.69, 9.17) is 11.6 Å². The van der Waals surface area contributed by atoms with Crippen LogP contribution in [0.2, 0.25) is 5.02 Å². The molecule has 3 aliphatic rings. The van der Waals surface area contributed by atoms with Crippen molar-refractivity contribution >= 4 is 34.9 Å². The number of carbonyl (C=O) groups is 3. The number of likely N-dealkylation sites (tertiary alicyclic amines) is 1. The SMILES string of the molecule is Cc1c(C(=O)C(=O)NC2(C(O)N3CC(F)C3)CC(F)(F)C2)c2n(c1C(=O)Nc1ccc(F)c(Cl)c1)CCC2. The second-order valence-corrected chi connectivity index (χ2v) is 10.6. The molecule has 5 rings (SSSR count). The zero-order valence-electron chi connectivity index (χ0n) is 20.3. The van der Waals surface area contributed by atoms with Crippen LogP contribution < -0.4 is 10.6 Å². The standard InChI is InChI=1S/C25H25ClF4N4O4/c1-12-18(17-3-2-6-34(17)19(12)21(36)31-14-4-5-16(28)15(26)7-14)20(35)22(37)32-24(10-25(29,30)11-24)23(38)33-8-13(27)9-33/h4-5,7,13,23,38H,2-3,6,8-11H2,1H3,(H,31,36)(H,32,37).